The third kappa shape index (κ3) is 2.76. The Kier molecular flexibility index (Phi) is 4.39. The minimum atomic E-state index is -2.14. The zero-order valence-corrected chi connectivity index (χ0v) is 15.3. The number of rotatable bonds is 4. The monoisotopic (exact) mass is 355 g/mol. The van der Waals surface area contributed by atoms with Gasteiger partial charge in [0.25, 0.3) is 0 Å². The maximum atomic E-state index is 12.3. The lowest BCUT2D eigenvalue weighted by atomic mass is 9.64. The van der Waals surface area contributed by atoms with E-state index in [0.29, 0.717) is 10.3 Å². The Morgan fingerprint density at radius 3 is 2.27 bits per heavy atom. The number of quaternary nitrogens is 1. The third-order valence-electron chi connectivity index (χ3n) is 6.64. The smallest absolute Gasteiger partial charge is 0.596 e. The van der Waals surface area contributed by atoms with Crippen LogP contribution < -0.4 is 0 Å². The van der Waals surface area contributed by atoms with Crippen molar-refractivity contribution in [3.8, 4) is 0 Å². The first kappa shape index (κ1) is 17.3. The maximum Gasteiger partial charge on any atom is 0.608 e. The zero-order chi connectivity index (χ0) is 18.2. The number of carbonyl (C=O) groups is 2. The van der Waals surface area contributed by atoms with Crippen LogP contribution in [0.1, 0.15) is 44.6 Å². The van der Waals surface area contributed by atoms with Gasteiger partial charge in [0.15, 0.2) is 0 Å². The molecule has 2 aliphatic heterocycles. The Morgan fingerprint density at radius 1 is 1.04 bits per heavy atom. The van der Waals surface area contributed by atoms with Crippen molar-refractivity contribution in [1.82, 2.24) is 0 Å². The fraction of sp³-hybridized carbons (Fsp3) is 0.500. The van der Waals surface area contributed by atoms with Crippen LogP contribution in [0.5, 0.6) is 0 Å². The number of hydrogen-bond acceptors (Lipinski definition) is 4. The standard InChI is InChI=1S/C20H26BNO4/c1-16(18-10-6-3-7-11-18)22-14-19(23)25-21(22,26-20(24)15-22)13-12-17-8-4-2-5-9-17/h2,4-5,8-9,12-13,16,18H,3,6-7,10-11,14-15H2,1H3/b13-12+. The fourth-order valence-electron chi connectivity index (χ4n) is 5.18. The van der Waals surface area contributed by atoms with Crippen LogP contribution in [0.4, 0.5) is 0 Å². The molecular formula is C20H26BNO4. The van der Waals surface area contributed by atoms with Gasteiger partial charge in [-0.2, -0.15) is 0 Å². The summed E-state index contributed by atoms with van der Waals surface area (Å²) in [6, 6.07) is 9.99. The molecule has 1 unspecified atom stereocenters. The van der Waals surface area contributed by atoms with Gasteiger partial charge < -0.3 is 13.7 Å². The summed E-state index contributed by atoms with van der Waals surface area (Å²) in [5.74, 6) is 1.81. The highest BCUT2D eigenvalue weighted by Crippen LogP contribution is 2.44. The van der Waals surface area contributed by atoms with Gasteiger partial charge in [-0.15, -0.1) is 0 Å². The van der Waals surface area contributed by atoms with E-state index < -0.39 is 6.69 Å². The number of carbonyl (C=O) groups excluding carboxylic acids is 2. The Labute approximate surface area is 154 Å². The van der Waals surface area contributed by atoms with Crippen LogP contribution in [0.3, 0.4) is 0 Å². The number of nitrogens with zero attached hydrogens (tertiary/aromatic N) is 1. The molecule has 1 aromatic carbocycles. The molecule has 3 aliphatic rings. The molecule has 138 valence electrons. The molecule has 0 bridgehead atoms. The predicted molar refractivity (Wildman–Crippen MR) is 99.4 cm³/mol. The number of fused-ring (bicyclic) bond motifs is 1. The summed E-state index contributed by atoms with van der Waals surface area (Å²) < 4.78 is 11.8. The molecule has 0 radical (unpaired) electrons. The second-order valence-electron chi connectivity index (χ2n) is 8.04. The van der Waals surface area contributed by atoms with Crippen molar-refractivity contribution in [2.24, 2.45) is 5.92 Å². The van der Waals surface area contributed by atoms with E-state index in [2.05, 4.69) is 6.92 Å². The summed E-state index contributed by atoms with van der Waals surface area (Å²) in [5, 5.41) is 0. The van der Waals surface area contributed by atoms with Gasteiger partial charge in [0.05, 0.1) is 6.04 Å². The Balaban J connectivity index is 1.70. The molecule has 2 saturated heterocycles. The molecule has 1 atom stereocenters. The molecule has 0 spiro atoms. The zero-order valence-electron chi connectivity index (χ0n) is 15.3. The molecule has 0 amide bonds. The highest BCUT2D eigenvalue weighted by Gasteiger charge is 2.67. The van der Waals surface area contributed by atoms with E-state index in [-0.39, 0.29) is 31.1 Å². The molecule has 5 nitrogen and oxygen atoms in total. The Morgan fingerprint density at radius 2 is 1.65 bits per heavy atom. The van der Waals surface area contributed by atoms with E-state index >= 15 is 0 Å². The Hall–Kier alpha value is -2.08. The minimum absolute atomic E-state index is 0.161. The first-order chi connectivity index (χ1) is 12.5. The summed E-state index contributed by atoms with van der Waals surface area (Å²) in [7, 11) is 0. The van der Waals surface area contributed by atoms with E-state index in [1.807, 2.05) is 42.4 Å². The van der Waals surface area contributed by atoms with Gasteiger partial charge >= 0.3 is 18.6 Å². The molecule has 0 aromatic heterocycles. The first-order valence-electron chi connectivity index (χ1n) is 9.74. The quantitative estimate of drug-likeness (QED) is 0.779. The lowest BCUT2D eigenvalue weighted by Crippen LogP contribution is -2.67. The van der Waals surface area contributed by atoms with Crippen LogP contribution in [0, 0.1) is 5.92 Å². The average molecular weight is 355 g/mol. The minimum Gasteiger partial charge on any atom is -0.596 e. The van der Waals surface area contributed by atoms with Gasteiger partial charge in [-0.05, 0) is 25.3 Å². The number of benzene rings is 1. The van der Waals surface area contributed by atoms with Crippen molar-refractivity contribution in [2.75, 3.05) is 13.1 Å². The molecule has 4 rings (SSSR count). The molecule has 1 aliphatic carbocycles. The van der Waals surface area contributed by atoms with Crippen molar-refractivity contribution in [3.05, 3.63) is 41.9 Å². The molecule has 3 fully saturated rings. The molecule has 6 heteroatoms. The summed E-state index contributed by atoms with van der Waals surface area (Å²) >= 11 is 0. The van der Waals surface area contributed by atoms with Gasteiger partial charge in [-0.25, -0.2) is 0 Å². The van der Waals surface area contributed by atoms with Crippen LogP contribution in [0.25, 0.3) is 6.08 Å². The summed E-state index contributed by atoms with van der Waals surface area (Å²) in [6.45, 7) is 0.482. The molecule has 1 saturated carbocycles. The molecule has 2 heterocycles. The van der Waals surface area contributed by atoms with Crippen molar-refractivity contribution >= 4 is 24.7 Å². The molecule has 1 aromatic rings. The summed E-state index contributed by atoms with van der Waals surface area (Å²) in [6.07, 6.45) is 7.93. The topological polar surface area (TPSA) is 52.6 Å². The Bertz CT molecular complexity index is 707. The van der Waals surface area contributed by atoms with E-state index in [0.717, 1.165) is 18.4 Å². The summed E-state index contributed by atoms with van der Waals surface area (Å²) in [4.78, 5) is 24.6. The van der Waals surface area contributed by atoms with E-state index in [1.165, 1.54) is 19.3 Å². The number of hydrogen-bond donors (Lipinski definition) is 0. The fourth-order valence-corrected chi connectivity index (χ4v) is 5.18. The van der Waals surface area contributed by atoms with Gasteiger partial charge in [0.1, 0.15) is 13.1 Å². The lowest BCUT2D eigenvalue weighted by Gasteiger charge is -2.50. The van der Waals surface area contributed by atoms with Crippen LogP contribution in [0.15, 0.2) is 36.3 Å². The van der Waals surface area contributed by atoms with Crippen molar-refractivity contribution in [1.29, 1.82) is 0 Å². The molecular weight excluding hydrogens is 329 g/mol. The van der Waals surface area contributed by atoms with E-state index in [1.54, 1.807) is 0 Å². The maximum absolute atomic E-state index is 12.3. The van der Waals surface area contributed by atoms with Crippen molar-refractivity contribution < 1.29 is 23.3 Å². The highest BCUT2D eigenvalue weighted by molar-refractivity contribution is 6.71. The van der Waals surface area contributed by atoms with E-state index in [4.69, 9.17) is 9.31 Å². The molecule has 26 heavy (non-hydrogen) atoms. The third-order valence-corrected chi connectivity index (χ3v) is 6.64. The molecule has 0 N–H and O–H groups in total. The highest BCUT2D eigenvalue weighted by atomic mass is 16.7. The van der Waals surface area contributed by atoms with Gasteiger partial charge in [0, 0.05) is 5.92 Å². The first-order valence-corrected chi connectivity index (χ1v) is 9.74. The average Bonchev–Trinajstić information content (AvgIpc) is 3.07. The van der Waals surface area contributed by atoms with Crippen LogP contribution in [-0.2, 0) is 18.9 Å². The lowest BCUT2D eigenvalue weighted by molar-refractivity contribution is -0.843. The van der Waals surface area contributed by atoms with Crippen LogP contribution in [0.2, 0.25) is 0 Å². The van der Waals surface area contributed by atoms with E-state index in [9.17, 15) is 9.59 Å². The van der Waals surface area contributed by atoms with Crippen LogP contribution in [-0.4, -0.2) is 42.2 Å². The normalized spacial score (nSPS) is 33.1. The van der Waals surface area contributed by atoms with Crippen molar-refractivity contribution in [3.63, 3.8) is 0 Å². The van der Waals surface area contributed by atoms with Gasteiger partial charge in [0.2, 0.25) is 0 Å². The second kappa shape index (κ2) is 6.58. The second-order valence-corrected chi connectivity index (χ2v) is 8.04. The summed E-state index contributed by atoms with van der Waals surface area (Å²) in [5.41, 5.74) is 0.998. The van der Waals surface area contributed by atoms with Crippen molar-refractivity contribution in [2.45, 2.75) is 45.1 Å². The largest absolute Gasteiger partial charge is 0.608 e. The van der Waals surface area contributed by atoms with Crippen LogP contribution >= 0.6 is 0 Å². The van der Waals surface area contributed by atoms with Gasteiger partial charge in [-0.1, -0.05) is 61.6 Å². The predicted octanol–water partition coefficient (Wildman–Crippen LogP) is 3.08. The SMILES string of the molecule is CC(C1CCCCC1)[N+]12CC(=O)O[B-]1(/C=C/c1ccccc1)OC(=O)C2. The van der Waals surface area contributed by atoms with Gasteiger partial charge in [-0.3, -0.25) is 9.59 Å².